The second-order valence-electron chi connectivity index (χ2n) is 1.87. The fourth-order valence-electron chi connectivity index (χ4n) is 0.632. The first-order valence-corrected chi connectivity index (χ1v) is 4.81. The average Bonchev–Trinajstić information content (AvgIpc) is 2.31. The van der Waals surface area contributed by atoms with E-state index in [0.717, 1.165) is 17.7 Å². The van der Waals surface area contributed by atoms with Crippen LogP contribution in [0.25, 0.3) is 0 Å². The summed E-state index contributed by atoms with van der Waals surface area (Å²) in [4.78, 5) is 1.27. The molecule has 0 aliphatic heterocycles. The zero-order chi connectivity index (χ0) is 7.40. The highest BCUT2D eigenvalue weighted by Crippen LogP contribution is 2.19. The van der Waals surface area contributed by atoms with Crippen molar-refractivity contribution >= 4 is 27.3 Å². The Balaban J connectivity index is 2.42. The van der Waals surface area contributed by atoms with Crippen LogP contribution < -0.4 is 0 Å². The van der Waals surface area contributed by atoms with Gasteiger partial charge in [-0.1, -0.05) is 0 Å². The van der Waals surface area contributed by atoms with E-state index in [4.69, 9.17) is 4.74 Å². The molecule has 3 heteroatoms. The summed E-state index contributed by atoms with van der Waals surface area (Å²) >= 11 is 5.10. The molecule has 0 fully saturated rings. The summed E-state index contributed by atoms with van der Waals surface area (Å²) in [6.07, 6.45) is 0. The van der Waals surface area contributed by atoms with Crippen molar-refractivity contribution in [1.82, 2.24) is 0 Å². The van der Waals surface area contributed by atoms with Gasteiger partial charge in [0.2, 0.25) is 0 Å². The number of hydrogen-bond donors (Lipinski definition) is 0. The molecule has 1 rings (SSSR count). The predicted molar refractivity (Wildman–Crippen MR) is 47.3 cm³/mol. The minimum atomic E-state index is 0.743. The van der Waals surface area contributed by atoms with Crippen molar-refractivity contribution in [2.75, 3.05) is 6.61 Å². The zero-order valence-corrected chi connectivity index (χ0v) is 8.17. The van der Waals surface area contributed by atoms with Crippen molar-refractivity contribution in [3.05, 3.63) is 20.8 Å². The maximum Gasteiger partial charge on any atom is 0.0809 e. The van der Waals surface area contributed by atoms with Crippen LogP contribution in [0, 0.1) is 0 Å². The quantitative estimate of drug-likeness (QED) is 0.762. The lowest BCUT2D eigenvalue weighted by Crippen LogP contribution is -1.87. The van der Waals surface area contributed by atoms with Gasteiger partial charge >= 0.3 is 0 Å². The lowest BCUT2D eigenvalue weighted by atomic mass is 10.5. The van der Waals surface area contributed by atoms with Gasteiger partial charge in [0.15, 0.2) is 0 Å². The highest BCUT2D eigenvalue weighted by atomic mass is 79.9. The van der Waals surface area contributed by atoms with Gasteiger partial charge in [0.05, 0.1) is 6.61 Å². The largest absolute Gasteiger partial charge is 0.376 e. The van der Waals surface area contributed by atoms with E-state index in [9.17, 15) is 0 Å². The van der Waals surface area contributed by atoms with Crippen molar-refractivity contribution in [1.29, 1.82) is 0 Å². The van der Waals surface area contributed by atoms with Crippen molar-refractivity contribution in [3.8, 4) is 0 Å². The van der Waals surface area contributed by atoms with Crippen molar-refractivity contribution in [2.45, 2.75) is 13.5 Å². The minimum absolute atomic E-state index is 0.743. The molecule has 0 saturated carbocycles. The van der Waals surface area contributed by atoms with Crippen molar-refractivity contribution in [2.24, 2.45) is 0 Å². The van der Waals surface area contributed by atoms with Gasteiger partial charge in [-0.25, -0.2) is 0 Å². The first-order valence-electron chi connectivity index (χ1n) is 3.13. The molecular weight excluding hydrogens is 212 g/mol. The number of ether oxygens (including phenoxy) is 1. The van der Waals surface area contributed by atoms with E-state index in [1.807, 2.05) is 6.92 Å². The molecule has 0 aromatic carbocycles. The summed E-state index contributed by atoms with van der Waals surface area (Å²) in [7, 11) is 0. The summed E-state index contributed by atoms with van der Waals surface area (Å²) in [6, 6.07) is 2.08. The van der Waals surface area contributed by atoms with Crippen LogP contribution in [0.3, 0.4) is 0 Å². The fraction of sp³-hybridized carbons (Fsp3) is 0.429. The Morgan fingerprint density at radius 1 is 1.70 bits per heavy atom. The van der Waals surface area contributed by atoms with E-state index in [0.29, 0.717) is 0 Å². The third-order valence-corrected chi connectivity index (χ3v) is 2.74. The second-order valence-corrected chi connectivity index (χ2v) is 3.78. The van der Waals surface area contributed by atoms with Crippen molar-refractivity contribution < 1.29 is 4.74 Å². The van der Waals surface area contributed by atoms with Gasteiger partial charge in [0.25, 0.3) is 0 Å². The molecule has 0 atom stereocenters. The summed E-state index contributed by atoms with van der Waals surface area (Å²) in [6.45, 7) is 3.53. The van der Waals surface area contributed by atoms with Crippen LogP contribution >= 0.6 is 27.3 Å². The summed E-state index contributed by atoms with van der Waals surface area (Å²) in [5.41, 5.74) is 0. The molecule has 0 unspecified atom stereocenters. The first kappa shape index (κ1) is 8.24. The van der Waals surface area contributed by atoms with Crippen molar-refractivity contribution in [3.63, 3.8) is 0 Å². The fourth-order valence-corrected chi connectivity index (χ4v) is 2.02. The van der Waals surface area contributed by atoms with E-state index in [-0.39, 0.29) is 0 Å². The Bertz CT molecular complexity index is 197. The molecule has 0 bridgehead atoms. The van der Waals surface area contributed by atoms with Gasteiger partial charge < -0.3 is 4.74 Å². The SMILES string of the molecule is CCOCc1cc(Br)cs1. The molecule has 10 heavy (non-hydrogen) atoms. The Hall–Kier alpha value is 0.140. The number of halogens is 1. The smallest absolute Gasteiger partial charge is 0.0809 e. The average molecular weight is 221 g/mol. The van der Waals surface area contributed by atoms with Crippen LogP contribution in [0.4, 0.5) is 0 Å². The number of rotatable bonds is 3. The summed E-state index contributed by atoms with van der Waals surface area (Å²) in [5, 5.41) is 2.06. The molecule has 0 saturated heterocycles. The monoisotopic (exact) mass is 220 g/mol. The van der Waals surface area contributed by atoms with E-state index in [1.54, 1.807) is 11.3 Å². The molecule has 0 N–H and O–H groups in total. The molecule has 0 spiro atoms. The van der Waals surface area contributed by atoms with Gasteiger partial charge in [-0.15, -0.1) is 11.3 Å². The molecule has 1 aromatic rings. The third kappa shape index (κ3) is 2.40. The molecule has 1 aromatic heterocycles. The van der Waals surface area contributed by atoms with E-state index in [1.165, 1.54) is 4.88 Å². The van der Waals surface area contributed by atoms with Gasteiger partial charge in [0, 0.05) is 21.3 Å². The zero-order valence-electron chi connectivity index (χ0n) is 5.76. The van der Waals surface area contributed by atoms with Crippen LogP contribution in [0.1, 0.15) is 11.8 Å². The maximum atomic E-state index is 5.22. The molecule has 0 radical (unpaired) electrons. The Morgan fingerprint density at radius 3 is 3.00 bits per heavy atom. The third-order valence-electron chi connectivity index (χ3n) is 1.07. The van der Waals surface area contributed by atoms with Crippen LogP contribution in [0.5, 0.6) is 0 Å². The Morgan fingerprint density at radius 2 is 2.50 bits per heavy atom. The van der Waals surface area contributed by atoms with E-state index < -0.39 is 0 Å². The highest BCUT2D eigenvalue weighted by molar-refractivity contribution is 9.10. The molecular formula is C7H9BrOS. The van der Waals surface area contributed by atoms with Gasteiger partial charge in [-0.3, -0.25) is 0 Å². The van der Waals surface area contributed by atoms with E-state index in [2.05, 4.69) is 27.4 Å². The van der Waals surface area contributed by atoms with Gasteiger partial charge in [-0.05, 0) is 28.9 Å². The van der Waals surface area contributed by atoms with Crippen LogP contribution in [-0.2, 0) is 11.3 Å². The molecule has 0 aliphatic rings. The predicted octanol–water partition coefficient (Wildman–Crippen LogP) is 3.05. The molecule has 0 aliphatic carbocycles. The number of hydrogen-bond acceptors (Lipinski definition) is 2. The summed E-state index contributed by atoms with van der Waals surface area (Å²) in [5.74, 6) is 0. The Kier molecular flexibility index (Phi) is 3.39. The lowest BCUT2D eigenvalue weighted by Gasteiger charge is -1.94. The highest BCUT2D eigenvalue weighted by Gasteiger charge is 1.95. The lowest BCUT2D eigenvalue weighted by molar-refractivity contribution is 0.136. The number of thiophene rings is 1. The molecule has 0 amide bonds. The molecule has 1 heterocycles. The maximum absolute atomic E-state index is 5.22. The minimum Gasteiger partial charge on any atom is -0.376 e. The van der Waals surface area contributed by atoms with Gasteiger partial charge in [0.1, 0.15) is 0 Å². The molecule has 1 nitrogen and oxygen atoms in total. The summed E-state index contributed by atoms with van der Waals surface area (Å²) < 4.78 is 6.37. The van der Waals surface area contributed by atoms with Crippen LogP contribution in [0.2, 0.25) is 0 Å². The first-order chi connectivity index (χ1) is 4.83. The molecule has 56 valence electrons. The Labute approximate surface area is 73.1 Å². The van der Waals surface area contributed by atoms with Crippen LogP contribution in [-0.4, -0.2) is 6.61 Å². The topological polar surface area (TPSA) is 9.23 Å². The second kappa shape index (κ2) is 4.11. The van der Waals surface area contributed by atoms with Gasteiger partial charge in [-0.2, -0.15) is 0 Å². The van der Waals surface area contributed by atoms with Crippen LogP contribution in [0.15, 0.2) is 15.9 Å². The normalized spacial score (nSPS) is 10.2. The van der Waals surface area contributed by atoms with E-state index >= 15 is 0 Å². The standard InChI is InChI=1S/C7H9BrOS/c1-2-9-4-7-3-6(8)5-10-7/h3,5H,2,4H2,1H3.